The fourth-order valence-electron chi connectivity index (χ4n) is 1.99. The lowest BCUT2D eigenvalue weighted by atomic mass is 10.1. The number of amides is 1. The molecule has 0 saturated carbocycles. The highest BCUT2D eigenvalue weighted by molar-refractivity contribution is 7.08. The van der Waals surface area contributed by atoms with E-state index in [1.54, 1.807) is 7.11 Å². The molecule has 1 aromatic heterocycles. The van der Waals surface area contributed by atoms with Gasteiger partial charge in [0.1, 0.15) is 5.75 Å². The van der Waals surface area contributed by atoms with Crippen molar-refractivity contribution in [2.45, 2.75) is 13.0 Å². The summed E-state index contributed by atoms with van der Waals surface area (Å²) in [6, 6.07) is 9.32. The minimum Gasteiger partial charge on any atom is -0.494 e. The highest BCUT2D eigenvalue weighted by Gasteiger charge is 2.16. The number of carbonyl (C=O) groups excluding carboxylic acids is 1. The van der Waals surface area contributed by atoms with Crippen LogP contribution in [0.2, 0.25) is 0 Å². The Kier molecular flexibility index (Phi) is 5.78. The molecule has 1 N–H and O–H groups in total. The molecule has 1 heterocycles. The summed E-state index contributed by atoms with van der Waals surface area (Å²) in [4.78, 5) is 12.1. The van der Waals surface area contributed by atoms with E-state index in [2.05, 4.69) is 5.32 Å². The molecule has 0 saturated heterocycles. The standard InChI is InChI=1S/C16H19NO3S/c1-3-20-14-6-4-12(5-7-14)15(10-19-2)17-16(18)13-8-9-21-11-13/h4-9,11,15H,3,10H2,1-2H3,(H,17,18)/t15-/m0/s1. The van der Waals surface area contributed by atoms with Gasteiger partial charge in [-0.15, -0.1) is 0 Å². The van der Waals surface area contributed by atoms with Crippen molar-refractivity contribution in [3.05, 3.63) is 52.2 Å². The van der Waals surface area contributed by atoms with Gasteiger partial charge in [0.15, 0.2) is 0 Å². The van der Waals surface area contributed by atoms with E-state index < -0.39 is 0 Å². The van der Waals surface area contributed by atoms with Crippen molar-refractivity contribution in [1.29, 1.82) is 0 Å². The summed E-state index contributed by atoms with van der Waals surface area (Å²) in [7, 11) is 1.62. The lowest BCUT2D eigenvalue weighted by Crippen LogP contribution is -2.31. The molecule has 112 valence electrons. The van der Waals surface area contributed by atoms with Gasteiger partial charge < -0.3 is 14.8 Å². The van der Waals surface area contributed by atoms with E-state index in [-0.39, 0.29) is 11.9 Å². The molecule has 2 rings (SSSR count). The van der Waals surface area contributed by atoms with Gasteiger partial charge in [0.05, 0.1) is 24.8 Å². The fraction of sp³-hybridized carbons (Fsp3) is 0.312. The number of carbonyl (C=O) groups is 1. The molecule has 0 aliphatic heterocycles. The molecule has 0 radical (unpaired) electrons. The minimum atomic E-state index is -0.182. The van der Waals surface area contributed by atoms with Gasteiger partial charge in [-0.25, -0.2) is 0 Å². The van der Waals surface area contributed by atoms with E-state index in [1.807, 2.05) is 48.0 Å². The number of hydrogen-bond donors (Lipinski definition) is 1. The molecule has 1 aromatic carbocycles. The Bertz CT molecular complexity index is 551. The highest BCUT2D eigenvalue weighted by atomic mass is 32.1. The molecule has 0 unspecified atom stereocenters. The molecule has 5 heteroatoms. The van der Waals surface area contributed by atoms with Crippen LogP contribution in [0.15, 0.2) is 41.1 Å². The Labute approximate surface area is 128 Å². The van der Waals surface area contributed by atoms with Crippen LogP contribution in [-0.4, -0.2) is 26.2 Å². The summed E-state index contributed by atoms with van der Waals surface area (Å²) in [5, 5.41) is 6.71. The molecule has 1 atom stereocenters. The average molecular weight is 305 g/mol. The van der Waals surface area contributed by atoms with E-state index in [1.165, 1.54) is 11.3 Å². The van der Waals surface area contributed by atoms with Gasteiger partial charge in [0, 0.05) is 12.5 Å². The molecule has 0 aliphatic rings. The number of rotatable bonds is 7. The van der Waals surface area contributed by atoms with Gasteiger partial charge in [0.2, 0.25) is 0 Å². The normalized spacial score (nSPS) is 11.9. The fourth-order valence-corrected chi connectivity index (χ4v) is 2.62. The Morgan fingerprint density at radius 3 is 2.62 bits per heavy atom. The van der Waals surface area contributed by atoms with E-state index in [0.29, 0.717) is 18.8 Å². The van der Waals surface area contributed by atoms with Gasteiger partial charge in [-0.1, -0.05) is 12.1 Å². The predicted molar refractivity (Wildman–Crippen MR) is 84.0 cm³/mol. The van der Waals surface area contributed by atoms with Crippen LogP contribution in [0.3, 0.4) is 0 Å². The van der Waals surface area contributed by atoms with Gasteiger partial charge in [0.25, 0.3) is 5.91 Å². The summed E-state index contributed by atoms with van der Waals surface area (Å²) < 4.78 is 10.6. The zero-order valence-corrected chi connectivity index (χ0v) is 13.0. The van der Waals surface area contributed by atoms with Gasteiger partial charge in [-0.2, -0.15) is 11.3 Å². The molecule has 0 spiro atoms. The first-order valence-corrected chi connectivity index (χ1v) is 7.73. The Morgan fingerprint density at radius 1 is 1.29 bits per heavy atom. The molecule has 0 fully saturated rings. The second-order valence-electron chi connectivity index (χ2n) is 4.50. The van der Waals surface area contributed by atoms with Crippen molar-refractivity contribution in [1.82, 2.24) is 5.32 Å². The zero-order valence-electron chi connectivity index (χ0n) is 12.2. The van der Waals surface area contributed by atoms with Gasteiger partial charge >= 0.3 is 0 Å². The van der Waals surface area contributed by atoms with Crippen molar-refractivity contribution in [3.63, 3.8) is 0 Å². The largest absolute Gasteiger partial charge is 0.494 e. The van der Waals surface area contributed by atoms with Gasteiger partial charge in [-0.05, 0) is 36.1 Å². The SMILES string of the molecule is CCOc1ccc([C@H](COC)NC(=O)c2ccsc2)cc1. The Morgan fingerprint density at radius 2 is 2.05 bits per heavy atom. The monoisotopic (exact) mass is 305 g/mol. The number of thiophene rings is 1. The summed E-state index contributed by atoms with van der Waals surface area (Å²) in [6.45, 7) is 3.00. The zero-order chi connectivity index (χ0) is 15.1. The average Bonchev–Trinajstić information content (AvgIpc) is 3.02. The lowest BCUT2D eigenvalue weighted by molar-refractivity contribution is 0.0897. The molecule has 0 bridgehead atoms. The summed E-state index contributed by atoms with van der Waals surface area (Å²) in [5.74, 6) is 0.730. The first-order chi connectivity index (χ1) is 10.2. The van der Waals surface area contributed by atoms with Crippen LogP contribution in [-0.2, 0) is 4.74 Å². The third kappa shape index (κ3) is 4.31. The third-order valence-corrected chi connectivity index (χ3v) is 3.70. The molecular weight excluding hydrogens is 286 g/mol. The first-order valence-electron chi connectivity index (χ1n) is 6.79. The quantitative estimate of drug-likeness (QED) is 0.854. The van der Waals surface area contributed by atoms with Crippen LogP contribution in [0.25, 0.3) is 0 Å². The Hall–Kier alpha value is -1.85. The molecular formula is C16H19NO3S. The molecule has 1 amide bonds. The predicted octanol–water partition coefficient (Wildman–Crippen LogP) is 3.26. The van der Waals surface area contributed by atoms with E-state index in [0.717, 1.165) is 11.3 Å². The topological polar surface area (TPSA) is 47.6 Å². The van der Waals surface area contributed by atoms with Crippen LogP contribution in [0.4, 0.5) is 0 Å². The number of benzene rings is 1. The van der Waals surface area contributed by atoms with Crippen molar-refractivity contribution < 1.29 is 14.3 Å². The first kappa shape index (κ1) is 15.5. The number of ether oxygens (including phenoxy) is 2. The van der Waals surface area contributed by atoms with E-state index >= 15 is 0 Å². The number of nitrogens with one attached hydrogen (secondary N) is 1. The second kappa shape index (κ2) is 7.81. The summed E-state index contributed by atoms with van der Waals surface area (Å²) in [6.07, 6.45) is 0. The maximum atomic E-state index is 12.1. The van der Waals surface area contributed by atoms with E-state index in [4.69, 9.17) is 9.47 Å². The van der Waals surface area contributed by atoms with Crippen molar-refractivity contribution >= 4 is 17.2 Å². The maximum absolute atomic E-state index is 12.1. The third-order valence-electron chi connectivity index (χ3n) is 3.02. The number of hydrogen-bond acceptors (Lipinski definition) is 4. The van der Waals surface area contributed by atoms with Crippen LogP contribution >= 0.6 is 11.3 Å². The minimum absolute atomic E-state index is 0.0906. The van der Waals surface area contributed by atoms with Crippen LogP contribution in [0, 0.1) is 0 Å². The van der Waals surface area contributed by atoms with Crippen molar-refractivity contribution in [2.75, 3.05) is 20.3 Å². The second-order valence-corrected chi connectivity index (χ2v) is 5.28. The smallest absolute Gasteiger partial charge is 0.252 e. The molecule has 2 aromatic rings. The molecule has 0 aliphatic carbocycles. The number of methoxy groups -OCH3 is 1. The lowest BCUT2D eigenvalue weighted by Gasteiger charge is -2.18. The van der Waals surface area contributed by atoms with Crippen LogP contribution in [0.1, 0.15) is 28.9 Å². The summed E-state index contributed by atoms with van der Waals surface area (Å²) in [5.41, 5.74) is 1.66. The van der Waals surface area contributed by atoms with Crippen LogP contribution < -0.4 is 10.1 Å². The van der Waals surface area contributed by atoms with Crippen molar-refractivity contribution in [2.24, 2.45) is 0 Å². The van der Waals surface area contributed by atoms with E-state index in [9.17, 15) is 4.79 Å². The van der Waals surface area contributed by atoms with Crippen molar-refractivity contribution in [3.8, 4) is 5.75 Å². The summed E-state index contributed by atoms with van der Waals surface area (Å²) >= 11 is 1.50. The van der Waals surface area contributed by atoms with Gasteiger partial charge in [-0.3, -0.25) is 4.79 Å². The molecule has 4 nitrogen and oxygen atoms in total. The maximum Gasteiger partial charge on any atom is 0.252 e. The van der Waals surface area contributed by atoms with Crippen LogP contribution in [0.5, 0.6) is 5.75 Å². The Balaban J connectivity index is 2.09. The highest BCUT2D eigenvalue weighted by Crippen LogP contribution is 2.19. The molecule has 21 heavy (non-hydrogen) atoms.